The third kappa shape index (κ3) is 4.98. The van der Waals surface area contributed by atoms with Crippen LogP contribution in [-0.4, -0.2) is 39.8 Å². The van der Waals surface area contributed by atoms with Crippen molar-refractivity contribution in [2.75, 3.05) is 13.1 Å². The number of aromatic nitrogens is 1. The molecule has 0 aliphatic carbocycles. The SMILES string of the molecule is CC.CC(C)(C)OC(=O)N1CCC(O)(c2ccccn2)CC1. The topological polar surface area (TPSA) is 62.7 Å². The summed E-state index contributed by atoms with van der Waals surface area (Å²) in [5.74, 6) is 0. The number of piperidine rings is 1. The van der Waals surface area contributed by atoms with E-state index in [0.29, 0.717) is 31.6 Å². The molecular formula is C17H28N2O3. The second-order valence-corrected chi connectivity index (χ2v) is 6.21. The number of hydrogen-bond donors (Lipinski definition) is 1. The Morgan fingerprint density at radius 2 is 1.86 bits per heavy atom. The van der Waals surface area contributed by atoms with E-state index in [1.165, 1.54) is 0 Å². The molecule has 1 amide bonds. The van der Waals surface area contributed by atoms with Gasteiger partial charge in [-0.2, -0.15) is 0 Å². The number of carbonyl (C=O) groups is 1. The van der Waals surface area contributed by atoms with Crippen LogP contribution in [0.15, 0.2) is 24.4 Å². The maximum atomic E-state index is 12.0. The van der Waals surface area contributed by atoms with Crippen LogP contribution in [0.4, 0.5) is 4.79 Å². The molecule has 22 heavy (non-hydrogen) atoms. The first-order chi connectivity index (χ1) is 10.3. The zero-order chi connectivity index (χ0) is 16.8. The first kappa shape index (κ1) is 18.4. The first-order valence-corrected chi connectivity index (χ1v) is 7.92. The second kappa shape index (κ2) is 7.58. The Morgan fingerprint density at radius 1 is 1.27 bits per heavy atom. The van der Waals surface area contributed by atoms with Crippen LogP contribution in [0.2, 0.25) is 0 Å². The normalized spacial score (nSPS) is 17.3. The zero-order valence-corrected chi connectivity index (χ0v) is 14.3. The highest BCUT2D eigenvalue weighted by atomic mass is 16.6. The number of amides is 1. The van der Waals surface area contributed by atoms with Gasteiger partial charge in [-0.15, -0.1) is 0 Å². The van der Waals surface area contributed by atoms with Crippen molar-refractivity contribution in [2.45, 2.75) is 58.7 Å². The van der Waals surface area contributed by atoms with Crippen LogP contribution in [0.5, 0.6) is 0 Å². The quantitative estimate of drug-likeness (QED) is 0.864. The number of pyridine rings is 1. The molecule has 1 saturated heterocycles. The Morgan fingerprint density at radius 3 is 2.32 bits per heavy atom. The Balaban J connectivity index is 0.00000116. The van der Waals surface area contributed by atoms with Gasteiger partial charge >= 0.3 is 6.09 Å². The van der Waals surface area contributed by atoms with Gasteiger partial charge in [-0.1, -0.05) is 19.9 Å². The summed E-state index contributed by atoms with van der Waals surface area (Å²) >= 11 is 0. The van der Waals surface area contributed by atoms with Crippen molar-refractivity contribution in [3.05, 3.63) is 30.1 Å². The van der Waals surface area contributed by atoms with Gasteiger partial charge in [-0.05, 0) is 45.7 Å². The van der Waals surface area contributed by atoms with Crippen LogP contribution >= 0.6 is 0 Å². The standard InChI is InChI=1S/C15H22N2O3.C2H6/c1-14(2,3)20-13(18)17-10-7-15(19,8-11-17)12-6-4-5-9-16-12;1-2/h4-6,9,19H,7-8,10-11H2,1-3H3;1-2H3. The van der Waals surface area contributed by atoms with E-state index in [0.717, 1.165) is 0 Å². The van der Waals surface area contributed by atoms with Crippen LogP contribution in [0.1, 0.15) is 53.2 Å². The molecule has 0 spiro atoms. The average molecular weight is 308 g/mol. The van der Waals surface area contributed by atoms with E-state index in [-0.39, 0.29) is 6.09 Å². The lowest BCUT2D eigenvalue weighted by Crippen LogP contribution is -2.47. The lowest BCUT2D eigenvalue weighted by molar-refractivity contribution is -0.0381. The van der Waals surface area contributed by atoms with Crippen molar-refractivity contribution >= 4 is 6.09 Å². The van der Waals surface area contributed by atoms with Gasteiger partial charge in [0.1, 0.15) is 11.2 Å². The molecule has 0 atom stereocenters. The van der Waals surface area contributed by atoms with Crippen molar-refractivity contribution in [3.8, 4) is 0 Å². The summed E-state index contributed by atoms with van der Waals surface area (Å²) in [5.41, 5.74) is -0.769. The van der Waals surface area contributed by atoms with E-state index in [1.54, 1.807) is 11.1 Å². The summed E-state index contributed by atoms with van der Waals surface area (Å²) in [6.07, 6.45) is 2.31. The predicted molar refractivity (Wildman–Crippen MR) is 86.5 cm³/mol. The number of likely N-dealkylation sites (tertiary alicyclic amines) is 1. The average Bonchev–Trinajstić information content (AvgIpc) is 2.49. The molecule has 5 nitrogen and oxygen atoms in total. The number of carbonyl (C=O) groups excluding carboxylic acids is 1. The van der Waals surface area contributed by atoms with Gasteiger partial charge in [0.05, 0.1) is 5.69 Å². The fraction of sp³-hybridized carbons (Fsp3) is 0.647. The molecule has 1 aromatic rings. The van der Waals surface area contributed by atoms with Crippen molar-refractivity contribution in [3.63, 3.8) is 0 Å². The Labute approximate surface area is 133 Å². The van der Waals surface area contributed by atoms with E-state index < -0.39 is 11.2 Å². The molecule has 0 aromatic carbocycles. The van der Waals surface area contributed by atoms with Gasteiger partial charge in [-0.25, -0.2) is 4.79 Å². The zero-order valence-electron chi connectivity index (χ0n) is 14.3. The monoisotopic (exact) mass is 308 g/mol. The van der Waals surface area contributed by atoms with E-state index >= 15 is 0 Å². The summed E-state index contributed by atoms with van der Waals surface area (Å²) in [4.78, 5) is 17.8. The molecule has 0 unspecified atom stereocenters. The maximum absolute atomic E-state index is 12.0. The molecule has 1 fully saturated rings. The molecule has 1 aromatic heterocycles. The molecule has 1 aliphatic heterocycles. The molecule has 0 saturated carbocycles. The predicted octanol–water partition coefficient (Wildman–Crippen LogP) is 3.33. The largest absolute Gasteiger partial charge is 0.444 e. The molecule has 0 bridgehead atoms. The van der Waals surface area contributed by atoms with Crippen LogP contribution < -0.4 is 0 Å². The maximum Gasteiger partial charge on any atom is 0.410 e. The molecule has 1 N–H and O–H groups in total. The summed E-state index contributed by atoms with van der Waals surface area (Å²) in [6, 6.07) is 5.51. The van der Waals surface area contributed by atoms with E-state index in [4.69, 9.17) is 4.74 Å². The first-order valence-electron chi connectivity index (χ1n) is 7.92. The third-order valence-corrected chi connectivity index (χ3v) is 3.38. The highest BCUT2D eigenvalue weighted by Gasteiger charge is 2.37. The third-order valence-electron chi connectivity index (χ3n) is 3.38. The summed E-state index contributed by atoms with van der Waals surface area (Å²) < 4.78 is 5.34. The molecule has 124 valence electrons. The number of aliphatic hydroxyl groups is 1. The molecule has 2 rings (SSSR count). The lowest BCUT2D eigenvalue weighted by atomic mass is 9.88. The van der Waals surface area contributed by atoms with Gasteiger partial charge in [-0.3, -0.25) is 4.98 Å². The summed E-state index contributed by atoms with van der Waals surface area (Å²) in [5, 5.41) is 10.6. The summed E-state index contributed by atoms with van der Waals surface area (Å²) in [7, 11) is 0. The van der Waals surface area contributed by atoms with Gasteiger partial charge in [0.2, 0.25) is 0 Å². The van der Waals surface area contributed by atoms with Gasteiger partial charge in [0, 0.05) is 19.3 Å². The van der Waals surface area contributed by atoms with Gasteiger partial charge in [0.25, 0.3) is 0 Å². The highest BCUT2D eigenvalue weighted by molar-refractivity contribution is 5.68. The van der Waals surface area contributed by atoms with E-state index in [1.807, 2.05) is 52.8 Å². The van der Waals surface area contributed by atoms with Crippen LogP contribution in [0.25, 0.3) is 0 Å². The number of rotatable bonds is 1. The number of nitrogens with zero attached hydrogens (tertiary/aromatic N) is 2. The fourth-order valence-corrected chi connectivity index (χ4v) is 2.28. The summed E-state index contributed by atoms with van der Waals surface area (Å²) in [6.45, 7) is 10.5. The Bertz CT molecular complexity index is 461. The van der Waals surface area contributed by atoms with Crippen LogP contribution in [0.3, 0.4) is 0 Å². The lowest BCUT2D eigenvalue weighted by Gasteiger charge is -2.38. The van der Waals surface area contributed by atoms with Crippen molar-refractivity contribution in [2.24, 2.45) is 0 Å². The second-order valence-electron chi connectivity index (χ2n) is 6.21. The van der Waals surface area contributed by atoms with Crippen LogP contribution in [-0.2, 0) is 10.3 Å². The molecular weight excluding hydrogens is 280 g/mol. The van der Waals surface area contributed by atoms with Crippen LogP contribution in [0, 0.1) is 0 Å². The number of ether oxygens (including phenoxy) is 1. The van der Waals surface area contributed by atoms with Gasteiger partial charge in [0.15, 0.2) is 0 Å². The van der Waals surface area contributed by atoms with E-state index in [9.17, 15) is 9.90 Å². The van der Waals surface area contributed by atoms with Crippen molar-refractivity contribution in [1.82, 2.24) is 9.88 Å². The minimum atomic E-state index is -0.945. The molecule has 2 heterocycles. The van der Waals surface area contributed by atoms with Gasteiger partial charge < -0.3 is 14.7 Å². The minimum absolute atomic E-state index is 0.319. The molecule has 5 heteroatoms. The minimum Gasteiger partial charge on any atom is -0.444 e. The van der Waals surface area contributed by atoms with E-state index in [2.05, 4.69) is 4.98 Å². The Hall–Kier alpha value is -1.62. The smallest absolute Gasteiger partial charge is 0.410 e. The molecule has 1 aliphatic rings. The van der Waals surface area contributed by atoms with Crippen molar-refractivity contribution < 1.29 is 14.6 Å². The Kier molecular flexibility index (Phi) is 6.35. The fourth-order valence-electron chi connectivity index (χ4n) is 2.28. The van der Waals surface area contributed by atoms with Crippen molar-refractivity contribution in [1.29, 1.82) is 0 Å². The molecule has 0 radical (unpaired) electrons. The number of hydrogen-bond acceptors (Lipinski definition) is 4. The highest BCUT2D eigenvalue weighted by Crippen LogP contribution is 2.31.